The number of carboxylic acid groups (broad SMARTS) is 1. The minimum atomic E-state index is -1.09. The SMILES string of the molecule is COc1cccc(/C=C(\C)C(=O)Nc2ccccc2C(=O)O)c1. The van der Waals surface area contributed by atoms with Gasteiger partial charge in [0.15, 0.2) is 0 Å². The largest absolute Gasteiger partial charge is 0.497 e. The molecule has 0 saturated carbocycles. The fourth-order valence-corrected chi connectivity index (χ4v) is 2.05. The third-order valence-corrected chi connectivity index (χ3v) is 3.24. The Morgan fingerprint density at radius 3 is 2.57 bits per heavy atom. The molecule has 2 N–H and O–H groups in total. The number of carboxylic acids is 1. The molecule has 5 nitrogen and oxygen atoms in total. The molecule has 0 spiro atoms. The molecule has 0 aliphatic carbocycles. The highest BCUT2D eigenvalue weighted by molar-refractivity contribution is 6.09. The Morgan fingerprint density at radius 1 is 1.13 bits per heavy atom. The molecular weight excluding hydrogens is 294 g/mol. The molecule has 0 aromatic heterocycles. The van der Waals surface area contributed by atoms with E-state index in [9.17, 15) is 9.59 Å². The number of rotatable bonds is 5. The van der Waals surface area contributed by atoms with Crippen molar-refractivity contribution in [2.45, 2.75) is 6.92 Å². The van der Waals surface area contributed by atoms with Gasteiger partial charge in [-0.1, -0.05) is 24.3 Å². The van der Waals surface area contributed by atoms with Crippen molar-refractivity contribution in [3.05, 3.63) is 65.2 Å². The van der Waals surface area contributed by atoms with E-state index in [1.807, 2.05) is 24.3 Å². The van der Waals surface area contributed by atoms with Crippen molar-refractivity contribution >= 4 is 23.6 Å². The Hall–Kier alpha value is -3.08. The summed E-state index contributed by atoms with van der Waals surface area (Å²) in [6.07, 6.45) is 1.71. The summed E-state index contributed by atoms with van der Waals surface area (Å²) in [6.45, 7) is 1.66. The fourth-order valence-electron chi connectivity index (χ4n) is 2.05. The van der Waals surface area contributed by atoms with Crippen molar-refractivity contribution in [2.24, 2.45) is 0 Å². The number of para-hydroxylation sites is 1. The summed E-state index contributed by atoms with van der Waals surface area (Å²) in [5.74, 6) is -0.750. The van der Waals surface area contributed by atoms with Crippen LogP contribution in [0, 0.1) is 0 Å². The summed E-state index contributed by atoms with van der Waals surface area (Å²) < 4.78 is 5.14. The van der Waals surface area contributed by atoms with Gasteiger partial charge in [-0.3, -0.25) is 4.79 Å². The molecule has 2 aromatic carbocycles. The quantitative estimate of drug-likeness (QED) is 0.829. The number of anilines is 1. The van der Waals surface area contributed by atoms with Crippen LogP contribution in [0.25, 0.3) is 6.08 Å². The highest BCUT2D eigenvalue weighted by Gasteiger charge is 2.12. The summed E-state index contributed by atoms with van der Waals surface area (Å²) in [5.41, 5.74) is 1.60. The molecule has 0 aliphatic rings. The predicted octanol–water partition coefficient (Wildman–Crippen LogP) is 3.44. The first-order chi connectivity index (χ1) is 11.0. The van der Waals surface area contributed by atoms with Gasteiger partial charge in [-0.25, -0.2) is 4.79 Å². The maximum absolute atomic E-state index is 12.2. The van der Waals surface area contributed by atoms with Crippen LogP contribution >= 0.6 is 0 Å². The van der Waals surface area contributed by atoms with Crippen molar-refractivity contribution in [1.82, 2.24) is 0 Å². The lowest BCUT2D eigenvalue weighted by atomic mass is 10.1. The Bertz CT molecular complexity index is 765. The molecule has 23 heavy (non-hydrogen) atoms. The lowest BCUT2D eigenvalue weighted by Crippen LogP contribution is -2.15. The maximum Gasteiger partial charge on any atom is 0.337 e. The first kappa shape index (κ1) is 16.3. The Kier molecular flexibility index (Phi) is 5.15. The summed E-state index contributed by atoms with van der Waals surface area (Å²) in [4.78, 5) is 23.4. The average molecular weight is 311 g/mol. The van der Waals surface area contributed by atoms with Gasteiger partial charge in [-0.2, -0.15) is 0 Å². The number of aromatic carboxylic acids is 1. The minimum absolute atomic E-state index is 0.0510. The number of nitrogens with one attached hydrogen (secondary N) is 1. The van der Waals surface area contributed by atoms with E-state index < -0.39 is 5.97 Å². The van der Waals surface area contributed by atoms with Gasteiger partial charge in [0.2, 0.25) is 0 Å². The van der Waals surface area contributed by atoms with Crippen molar-refractivity contribution in [3.8, 4) is 5.75 Å². The van der Waals surface area contributed by atoms with Crippen molar-refractivity contribution in [2.75, 3.05) is 12.4 Å². The molecule has 1 amide bonds. The van der Waals surface area contributed by atoms with E-state index in [0.717, 1.165) is 5.56 Å². The molecule has 0 saturated heterocycles. The van der Waals surface area contributed by atoms with Crippen LogP contribution in [0.3, 0.4) is 0 Å². The van der Waals surface area contributed by atoms with Crippen LogP contribution in [-0.2, 0) is 4.79 Å². The zero-order valence-electron chi connectivity index (χ0n) is 12.9. The standard InChI is InChI=1S/C18H17NO4/c1-12(10-13-6-5-7-14(11-13)23-2)17(20)19-16-9-4-3-8-15(16)18(21)22/h3-11H,1-2H3,(H,19,20)(H,21,22)/b12-10+. The van der Waals surface area contributed by atoms with Gasteiger partial charge in [0.1, 0.15) is 5.75 Å². The van der Waals surface area contributed by atoms with Crippen molar-refractivity contribution in [3.63, 3.8) is 0 Å². The zero-order chi connectivity index (χ0) is 16.8. The van der Waals surface area contributed by atoms with E-state index in [4.69, 9.17) is 9.84 Å². The molecule has 2 aromatic rings. The molecule has 0 atom stereocenters. The number of methoxy groups -OCH3 is 1. The van der Waals surface area contributed by atoms with Gasteiger partial charge in [0.05, 0.1) is 18.4 Å². The van der Waals surface area contributed by atoms with Crippen LogP contribution in [-0.4, -0.2) is 24.1 Å². The minimum Gasteiger partial charge on any atom is -0.497 e. The van der Waals surface area contributed by atoms with Crippen LogP contribution in [0.1, 0.15) is 22.8 Å². The van der Waals surface area contributed by atoms with E-state index >= 15 is 0 Å². The van der Waals surface area contributed by atoms with E-state index in [-0.39, 0.29) is 17.2 Å². The maximum atomic E-state index is 12.2. The number of hydrogen-bond acceptors (Lipinski definition) is 3. The smallest absolute Gasteiger partial charge is 0.337 e. The van der Waals surface area contributed by atoms with Crippen LogP contribution in [0.5, 0.6) is 5.75 Å². The van der Waals surface area contributed by atoms with E-state index in [0.29, 0.717) is 11.3 Å². The summed E-state index contributed by atoms with van der Waals surface area (Å²) in [6, 6.07) is 13.6. The lowest BCUT2D eigenvalue weighted by Gasteiger charge is -2.08. The molecule has 0 bridgehead atoms. The lowest BCUT2D eigenvalue weighted by molar-refractivity contribution is -0.112. The molecule has 0 aliphatic heterocycles. The first-order valence-corrected chi connectivity index (χ1v) is 6.97. The van der Waals surface area contributed by atoms with Gasteiger partial charge < -0.3 is 15.2 Å². The summed E-state index contributed by atoms with van der Waals surface area (Å²) in [5, 5.41) is 11.8. The Balaban J connectivity index is 2.20. The first-order valence-electron chi connectivity index (χ1n) is 6.97. The third-order valence-electron chi connectivity index (χ3n) is 3.24. The van der Waals surface area contributed by atoms with E-state index in [2.05, 4.69) is 5.32 Å². The zero-order valence-corrected chi connectivity index (χ0v) is 12.9. The number of amides is 1. The Morgan fingerprint density at radius 2 is 1.87 bits per heavy atom. The predicted molar refractivity (Wildman–Crippen MR) is 88.7 cm³/mol. The van der Waals surface area contributed by atoms with Gasteiger partial charge in [0, 0.05) is 5.57 Å². The molecule has 0 fully saturated rings. The van der Waals surface area contributed by atoms with E-state index in [1.54, 1.807) is 38.3 Å². The van der Waals surface area contributed by atoms with Crippen LogP contribution in [0.2, 0.25) is 0 Å². The van der Waals surface area contributed by atoms with Crippen LogP contribution < -0.4 is 10.1 Å². The van der Waals surface area contributed by atoms with Gasteiger partial charge in [-0.05, 0) is 42.8 Å². The number of ether oxygens (including phenoxy) is 1. The number of carbonyl (C=O) groups is 2. The summed E-state index contributed by atoms with van der Waals surface area (Å²) >= 11 is 0. The van der Waals surface area contributed by atoms with Crippen LogP contribution in [0.15, 0.2) is 54.1 Å². The third kappa shape index (κ3) is 4.20. The molecule has 5 heteroatoms. The van der Waals surface area contributed by atoms with Crippen molar-refractivity contribution < 1.29 is 19.4 Å². The second kappa shape index (κ2) is 7.26. The highest BCUT2D eigenvalue weighted by atomic mass is 16.5. The summed E-state index contributed by atoms with van der Waals surface area (Å²) in [7, 11) is 1.57. The molecule has 118 valence electrons. The topological polar surface area (TPSA) is 75.6 Å². The number of benzene rings is 2. The van der Waals surface area contributed by atoms with Gasteiger partial charge >= 0.3 is 5.97 Å². The number of hydrogen-bond donors (Lipinski definition) is 2. The van der Waals surface area contributed by atoms with Gasteiger partial charge in [-0.15, -0.1) is 0 Å². The van der Waals surface area contributed by atoms with Gasteiger partial charge in [0.25, 0.3) is 5.91 Å². The average Bonchev–Trinajstić information content (AvgIpc) is 2.55. The number of carbonyl (C=O) groups excluding carboxylic acids is 1. The Labute approximate surface area is 134 Å². The second-order valence-electron chi connectivity index (χ2n) is 4.91. The normalized spacial score (nSPS) is 11.0. The van der Waals surface area contributed by atoms with Crippen LogP contribution in [0.4, 0.5) is 5.69 Å². The fraction of sp³-hybridized carbons (Fsp3) is 0.111. The monoisotopic (exact) mass is 311 g/mol. The second-order valence-corrected chi connectivity index (χ2v) is 4.91. The molecule has 0 unspecified atom stereocenters. The molecule has 0 heterocycles. The highest BCUT2D eigenvalue weighted by Crippen LogP contribution is 2.18. The molecular formula is C18H17NO4. The molecule has 2 rings (SSSR count). The molecule has 0 radical (unpaired) electrons. The van der Waals surface area contributed by atoms with Crippen molar-refractivity contribution in [1.29, 1.82) is 0 Å². The van der Waals surface area contributed by atoms with E-state index in [1.165, 1.54) is 6.07 Å².